The first-order chi connectivity index (χ1) is 12.0. The molecule has 0 bridgehead atoms. The first-order valence-corrected chi connectivity index (χ1v) is 8.03. The van der Waals surface area contributed by atoms with Crippen molar-refractivity contribution in [3.63, 3.8) is 0 Å². The maximum absolute atomic E-state index is 12.2. The lowest BCUT2D eigenvalue weighted by Gasteiger charge is -2.07. The van der Waals surface area contributed by atoms with E-state index in [1.165, 1.54) is 0 Å². The zero-order chi connectivity index (χ0) is 18.1. The van der Waals surface area contributed by atoms with Crippen LogP contribution in [-0.4, -0.2) is 18.5 Å². The number of guanidine groups is 1. The lowest BCUT2D eigenvalue weighted by molar-refractivity contribution is 0.0472. The molecule has 0 fully saturated rings. The number of hydrogen-bond acceptors (Lipinski definition) is 3. The second-order valence-corrected chi connectivity index (χ2v) is 5.77. The fourth-order valence-electron chi connectivity index (χ4n) is 2.08. The standard InChI is InChI=1S/C20H23N3O2/c1-15(2)12-22-20(21)23-13-17-9-6-10-18(11-17)19(24)25-14-16-7-4-3-5-8-16/h3-11H,1,12-14H2,2H3,(H3,21,22,23). The van der Waals surface area contributed by atoms with E-state index in [-0.39, 0.29) is 12.6 Å². The first kappa shape index (κ1) is 18.3. The van der Waals surface area contributed by atoms with Crippen LogP contribution in [0, 0.1) is 0 Å². The van der Waals surface area contributed by atoms with Crippen molar-refractivity contribution in [3.8, 4) is 0 Å². The summed E-state index contributed by atoms with van der Waals surface area (Å²) in [5, 5.41) is 2.96. The monoisotopic (exact) mass is 337 g/mol. The number of aliphatic imine (C=N–C) groups is 1. The Morgan fingerprint density at radius 1 is 1.16 bits per heavy atom. The van der Waals surface area contributed by atoms with Gasteiger partial charge in [-0.3, -0.25) is 0 Å². The number of carbonyl (C=O) groups is 1. The van der Waals surface area contributed by atoms with Gasteiger partial charge in [-0.05, 0) is 30.2 Å². The summed E-state index contributed by atoms with van der Waals surface area (Å²) in [6.45, 7) is 6.92. The second kappa shape index (κ2) is 9.27. The summed E-state index contributed by atoms with van der Waals surface area (Å²) in [6.07, 6.45) is 0. The Kier molecular flexibility index (Phi) is 6.77. The number of ether oxygens (including phenoxy) is 1. The molecule has 0 radical (unpaired) electrons. The Morgan fingerprint density at radius 2 is 1.88 bits per heavy atom. The Labute approximate surface area is 148 Å². The molecule has 0 spiro atoms. The van der Waals surface area contributed by atoms with E-state index in [0.717, 1.165) is 16.7 Å². The molecular weight excluding hydrogens is 314 g/mol. The minimum Gasteiger partial charge on any atom is -0.457 e. The molecule has 0 aliphatic heterocycles. The predicted octanol–water partition coefficient (Wildman–Crippen LogP) is 3.02. The highest BCUT2D eigenvalue weighted by Gasteiger charge is 2.08. The van der Waals surface area contributed by atoms with Crippen molar-refractivity contribution in [1.29, 1.82) is 0 Å². The third-order valence-corrected chi connectivity index (χ3v) is 3.38. The van der Waals surface area contributed by atoms with Gasteiger partial charge in [0.25, 0.3) is 0 Å². The molecule has 0 unspecified atom stereocenters. The maximum atomic E-state index is 12.2. The molecule has 0 aliphatic rings. The number of benzene rings is 2. The molecule has 0 atom stereocenters. The van der Waals surface area contributed by atoms with Crippen LogP contribution in [0.15, 0.2) is 71.7 Å². The average Bonchev–Trinajstić information content (AvgIpc) is 2.63. The van der Waals surface area contributed by atoms with Crippen LogP contribution in [0.1, 0.15) is 28.4 Å². The van der Waals surface area contributed by atoms with E-state index in [2.05, 4.69) is 16.9 Å². The SMILES string of the molecule is C=C(C)CNC(N)=NCc1cccc(C(=O)OCc2ccccc2)c1. The number of nitrogens with zero attached hydrogens (tertiary/aromatic N) is 1. The summed E-state index contributed by atoms with van der Waals surface area (Å²) in [5.74, 6) is -0.0110. The molecule has 25 heavy (non-hydrogen) atoms. The van der Waals surface area contributed by atoms with E-state index in [0.29, 0.717) is 24.6 Å². The summed E-state index contributed by atoms with van der Waals surface area (Å²) in [7, 11) is 0. The Hall–Kier alpha value is -3.08. The summed E-state index contributed by atoms with van der Waals surface area (Å²) in [4.78, 5) is 16.4. The molecular formula is C20H23N3O2. The Bertz CT molecular complexity index is 755. The van der Waals surface area contributed by atoms with Crippen molar-refractivity contribution < 1.29 is 9.53 Å². The second-order valence-electron chi connectivity index (χ2n) is 5.77. The van der Waals surface area contributed by atoms with Crippen molar-refractivity contribution in [2.24, 2.45) is 10.7 Å². The summed E-state index contributed by atoms with van der Waals surface area (Å²) < 4.78 is 5.34. The van der Waals surface area contributed by atoms with E-state index in [1.807, 2.05) is 49.4 Å². The summed E-state index contributed by atoms with van der Waals surface area (Å²) >= 11 is 0. The summed E-state index contributed by atoms with van der Waals surface area (Å²) in [6, 6.07) is 16.8. The van der Waals surface area contributed by atoms with Gasteiger partial charge in [0, 0.05) is 6.54 Å². The Morgan fingerprint density at radius 3 is 2.60 bits per heavy atom. The largest absolute Gasteiger partial charge is 0.457 e. The van der Waals surface area contributed by atoms with Crippen LogP contribution >= 0.6 is 0 Å². The van der Waals surface area contributed by atoms with Crippen molar-refractivity contribution in [2.45, 2.75) is 20.1 Å². The van der Waals surface area contributed by atoms with Gasteiger partial charge < -0.3 is 15.8 Å². The van der Waals surface area contributed by atoms with Gasteiger partial charge in [0.05, 0.1) is 12.1 Å². The molecule has 0 amide bonds. The molecule has 0 saturated carbocycles. The van der Waals surface area contributed by atoms with Gasteiger partial charge in [0.15, 0.2) is 5.96 Å². The molecule has 130 valence electrons. The quantitative estimate of drug-likeness (QED) is 0.352. The first-order valence-electron chi connectivity index (χ1n) is 8.03. The fourth-order valence-corrected chi connectivity index (χ4v) is 2.08. The van der Waals surface area contributed by atoms with E-state index >= 15 is 0 Å². The molecule has 5 nitrogen and oxygen atoms in total. The van der Waals surface area contributed by atoms with Gasteiger partial charge in [-0.1, -0.05) is 54.6 Å². The molecule has 5 heteroatoms. The zero-order valence-corrected chi connectivity index (χ0v) is 14.4. The smallest absolute Gasteiger partial charge is 0.338 e. The highest BCUT2D eigenvalue weighted by molar-refractivity contribution is 5.89. The number of esters is 1. The van der Waals surface area contributed by atoms with Gasteiger partial charge >= 0.3 is 5.97 Å². The predicted molar refractivity (Wildman–Crippen MR) is 100 cm³/mol. The van der Waals surface area contributed by atoms with Crippen molar-refractivity contribution >= 4 is 11.9 Å². The van der Waals surface area contributed by atoms with Crippen LogP contribution in [-0.2, 0) is 17.9 Å². The zero-order valence-electron chi connectivity index (χ0n) is 14.4. The molecule has 0 saturated heterocycles. The van der Waals surface area contributed by atoms with E-state index in [4.69, 9.17) is 10.5 Å². The van der Waals surface area contributed by atoms with Crippen LogP contribution in [0.5, 0.6) is 0 Å². The minimum atomic E-state index is -0.358. The van der Waals surface area contributed by atoms with E-state index in [9.17, 15) is 4.79 Å². The van der Waals surface area contributed by atoms with Gasteiger partial charge in [-0.25, -0.2) is 9.79 Å². The van der Waals surface area contributed by atoms with Crippen molar-refractivity contribution in [3.05, 3.63) is 83.4 Å². The molecule has 0 aromatic heterocycles. The van der Waals surface area contributed by atoms with Gasteiger partial charge in [-0.2, -0.15) is 0 Å². The van der Waals surface area contributed by atoms with Gasteiger partial charge in [-0.15, -0.1) is 0 Å². The highest BCUT2D eigenvalue weighted by Crippen LogP contribution is 2.10. The molecule has 2 rings (SSSR count). The van der Waals surface area contributed by atoms with E-state index in [1.54, 1.807) is 12.1 Å². The topological polar surface area (TPSA) is 76.7 Å². The maximum Gasteiger partial charge on any atom is 0.338 e. The van der Waals surface area contributed by atoms with Crippen LogP contribution in [0.2, 0.25) is 0 Å². The molecule has 3 N–H and O–H groups in total. The van der Waals surface area contributed by atoms with Crippen LogP contribution in [0.4, 0.5) is 0 Å². The molecule has 0 aliphatic carbocycles. The number of hydrogen-bond donors (Lipinski definition) is 2. The van der Waals surface area contributed by atoms with Crippen LogP contribution in [0.25, 0.3) is 0 Å². The number of nitrogens with two attached hydrogens (primary N) is 1. The van der Waals surface area contributed by atoms with Gasteiger partial charge in [0.1, 0.15) is 6.61 Å². The summed E-state index contributed by atoms with van der Waals surface area (Å²) in [5.41, 5.74) is 9.09. The lowest BCUT2D eigenvalue weighted by atomic mass is 10.1. The molecule has 2 aromatic carbocycles. The normalized spacial score (nSPS) is 11.0. The third-order valence-electron chi connectivity index (χ3n) is 3.38. The van der Waals surface area contributed by atoms with Gasteiger partial charge in [0.2, 0.25) is 0 Å². The number of nitrogens with one attached hydrogen (secondary N) is 1. The molecule has 2 aromatic rings. The minimum absolute atomic E-state index is 0.250. The fraction of sp³-hybridized carbons (Fsp3) is 0.200. The average molecular weight is 337 g/mol. The van der Waals surface area contributed by atoms with Crippen LogP contribution < -0.4 is 11.1 Å². The van der Waals surface area contributed by atoms with Crippen molar-refractivity contribution in [1.82, 2.24) is 5.32 Å². The molecule has 0 heterocycles. The van der Waals surface area contributed by atoms with Crippen molar-refractivity contribution in [2.75, 3.05) is 6.54 Å². The number of carbonyl (C=O) groups excluding carboxylic acids is 1. The highest BCUT2D eigenvalue weighted by atomic mass is 16.5. The van der Waals surface area contributed by atoms with Crippen LogP contribution in [0.3, 0.4) is 0 Å². The third kappa shape index (κ3) is 6.51. The lowest BCUT2D eigenvalue weighted by Crippen LogP contribution is -2.32. The van der Waals surface area contributed by atoms with E-state index < -0.39 is 0 Å². The number of rotatable bonds is 7. The Balaban J connectivity index is 1.92.